The molecule has 152 valence electrons. The largest absolute Gasteiger partial charge is 0.500 e. The lowest BCUT2D eigenvalue weighted by Crippen LogP contribution is -2.46. The van der Waals surface area contributed by atoms with Gasteiger partial charge < -0.3 is 22.8 Å². The van der Waals surface area contributed by atoms with E-state index < -0.39 is 8.80 Å². The molecule has 1 saturated carbocycles. The monoisotopic (exact) mass is 394 g/mol. The minimum atomic E-state index is -2.55. The Kier molecular flexibility index (Phi) is 7.33. The van der Waals surface area contributed by atoms with Crippen LogP contribution in [0.4, 0.5) is 0 Å². The Labute approximate surface area is 164 Å². The van der Waals surface area contributed by atoms with Gasteiger partial charge >= 0.3 is 8.80 Å². The second kappa shape index (κ2) is 9.52. The van der Waals surface area contributed by atoms with Gasteiger partial charge in [0.05, 0.1) is 6.61 Å². The summed E-state index contributed by atoms with van der Waals surface area (Å²) in [6.45, 7) is 8.53. The normalized spacial score (nSPS) is 18.5. The summed E-state index contributed by atoms with van der Waals surface area (Å²) in [6, 6.07) is 7.36. The summed E-state index contributed by atoms with van der Waals surface area (Å²) >= 11 is 0. The number of benzene rings is 1. The molecule has 3 rings (SSSR count). The summed E-state index contributed by atoms with van der Waals surface area (Å²) in [7, 11) is -2.55. The van der Waals surface area contributed by atoms with Gasteiger partial charge in [0, 0.05) is 44.3 Å². The first-order valence-electron chi connectivity index (χ1n) is 10.5. The summed E-state index contributed by atoms with van der Waals surface area (Å²) in [5, 5.41) is 0. The Bertz CT molecular complexity index is 583. The summed E-state index contributed by atoms with van der Waals surface area (Å²) in [5.74, 6) is 0.639. The first-order chi connectivity index (χ1) is 13.1. The molecule has 1 heterocycles. The molecule has 1 aliphatic carbocycles. The van der Waals surface area contributed by atoms with Gasteiger partial charge in [0.1, 0.15) is 5.75 Å². The molecule has 0 atom stereocenters. The molecule has 2 aliphatic rings. The van der Waals surface area contributed by atoms with Gasteiger partial charge in [0.2, 0.25) is 5.79 Å². The SMILES string of the molecule is CCO[Si](CCCc1ccc2c(c1)COC1(CCCC1)O2)(OCC)OCC. The fourth-order valence-electron chi connectivity index (χ4n) is 4.11. The smallest absolute Gasteiger partial charge is 0.462 e. The van der Waals surface area contributed by atoms with Crippen molar-refractivity contribution in [2.24, 2.45) is 0 Å². The van der Waals surface area contributed by atoms with E-state index in [4.69, 9.17) is 22.8 Å². The molecule has 1 aromatic rings. The Morgan fingerprint density at radius 3 is 2.30 bits per heavy atom. The number of fused-ring (bicyclic) bond motifs is 1. The van der Waals surface area contributed by atoms with Crippen LogP contribution >= 0.6 is 0 Å². The lowest BCUT2D eigenvalue weighted by Gasteiger charge is -2.35. The molecule has 0 N–H and O–H groups in total. The first kappa shape index (κ1) is 20.8. The highest BCUT2D eigenvalue weighted by molar-refractivity contribution is 6.60. The topological polar surface area (TPSA) is 46.2 Å². The molecular formula is C21H34O5Si. The third-order valence-corrected chi connectivity index (χ3v) is 8.47. The molecule has 0 aromatic heterocycles. The minimum Gasteiger partial charge on any atom is -0.462 e. The molecule has 0 bridgehead atoms. The predicted molar refractivity (Wildman–Crippen MR) is 107 cm³/mol. The van der Waals surface area contributed by atoms with Crippen molar-refractivity contribution < 1.29 is 22.8 Å². The zero-order valence-electron chi connectivity index (χ0n) is 17.1. The quantitative estimate of drug-likeness (QED) is 0.531. The van der Waals surface area contributed by atoms with E-state index in [1.807, 2.05) is 20.8 Å². The van der Waals surface area contributed by atoms with Crippen LogP contribution in [-0.2, 0) is 31.0 Å². The fraction of sp³-hybridized carbons (Fsp3) is 0.714. The molecule has 27 heavy (non-hydrogen) atoms. The number of hydrogen-bond acceptors (Lipinski definition) is 5. The standard InChI is InChI=1S/C21H34O5Si/c1-4-23-27(24-5-2,25-6-3)15-9-10-18-11-12-20-19(16-18)17-22-21(26-20)13-7-8-14-21/h11-12,16H,4-10,13-15,17H2,1-3H3. The summed E-state index contributed by atoms with van der Waals surface area (Å²) in [4.78, 5) is 0. The highest BCUT2D eigenvalue weighted by atomic mass is 28.4. The van der Waals surface area contributed by atoms with Crippen molar-refractivity contribution >= 4 is 8.80 Å². The van der Waals surface area contributed by atoms with Crippen molar-refractivity contribution in [3.63, 3.8) is 0 Å². The zero-order chi connectivity index (χ0) is 19.2. The van der Waals surface area contributed by atoms with Gasteiger partial charge in [-0.2, -0.15) is 0 Å². The maximum atomic E-state index is 6.21. The molecule has 1 aliphatic heterocycles. The van der Waals surface area contributed by atoms with Gasteiger partial charge in [-0.15, -0.1) is 0 Å². The summed E-state index contributed by atoms with van der Waals surface area (Å²) in [6.07, 6.45) is 6.36. The lowest BCUT2D eigenvalue weighted by atomic mass is 10.0. The van der Waals surface area contributed by atoms with Crippen LogP contribution in [0.1, 0.15) is 64.0 Å². The van der Waals surface area contributed by atoms with Gasteiger partial charge in [-0.3, -0.25) is 0 Å². The Hall–Kier alpha value is -0.923. The number of ether oxygens (including phenoxy) is 2. The highest BCUT2D eigenvalue weighted by Gasteiger charge is 2.41. The zero-order valence-corrected chi connectivity index (χ0v) is 18.1. The highest BCUT2D eigenvalue weighted by Crippen LogP contribution is 2.41. The van der Waals surface area contributed by atoms with Crippen molar-refractivity contribution in [1.29, 1.82) is 0 Å². The third kappa shape index (κ3) is 5.12. The Morgan fingerprint density at radius 2 is 1.67 bits per heavy atom. The van der Waals surface area contributed by atoms with Gasteiger partial charge in [-0.05, 0) is 64.2 Å². The van der Waals surface area contributed by atoms with E-state index in [2.05, 4.69) is 18.2 Å². The third-order valence-electron chi connectivity index (χ3n) is 5.32. The molecule has 5 nitrogen and oxygen atoms in total. The van der Waals surface area contributed by atoms with Crippen molar-refractivity contribution in [3.05, 3.63) is 29.3 Å². The van der Waals surface area contributed by atoms with Gasteiger partial charge in [-0.25, -0.2) is 0 Å². The maximum absolute atomic E-state index is 6.21. The van der Waals surface area contributed by atoms with Crippen LogP contribution in [0, 0.1) is 0 Å². The summed E-state index contributed by atoms with van der Waals surface area (Å²) < 4.78 is 30.1. The van der Waals surface area contributed by atoms with E-state index in [0.29, 0.717) is 26.4 Å². The van der Waals surface area contributed by atoms with Gasteiger partial charge in [-0.1, -0.05) is 6.07 Å². The molecule has 0 amide bonds. The van der Waals surface area contributed by atoms with E-state index >= 15 is 0 Å². The van der Waals surface area contributed by atoms with Crippen molar-refractivity contribution in [2.75, 3.05) is 19.8 Å². The maximum Gasteiger partial charge on any atom is 0.500 e. The van der Waals surface area contributed by atoms with Crippen LogP contribution in [0.5, 0.6) is 5.75 Å². The van der Waals surface area contributed by atoms with E-state index in [0.717, 1.165) is 43.0 Å². The molecule has 6 heteroatoms. The average molecular weight is 395 g/mol. The molecule has 1 spiro atoms. The van der Waals surface area contributed by atoms with Crippen LogP contribution < -0.4 is 4.74 Å². The van der Waals surface area contributed by atoms with Crippen LogP contribution in [0.2, 0.25) is 6.04 Å². The number of aryl methyl sites for hydroxylation is 1. The van der Waals surface area contributed by atoms with Gasteiger partial charge in [0.15, 0.2) is 0 Å². The average Bonchev–Trinajstić information content (AvgIpc) is 3.10. The van der Waals surface area contributed by atoms with Crippen LogP contribution in [0.25, 0.3) is 0 Å². The second-order valence-electron chi connectivity index (χ2n) is 7.29. The number of rotatable bonds is 10. The predicted octanol–water partition coefficient (Wildman–Crippen LogP) is 4.85. The molecule has 0 saturated heterocycles. The lowest BCUT2D eigenvalue weighted by molar-refractivity contribution is -0.200. The van der Waals surface area contributed by atoms with Crippen LogP contribution in [-0.4, -0.2) is 34.4 Å². The van der Waals surface area contributed by atoms with E-state index in [9.17, 15) is 0 Å². The molecule has 0 unspecified atom stereocenters. The molecular weight excluding hydrogens is 360 g/mol. The molecule has 1 fully saturated rings. The second-order valence-corrected chi connectivity index (χ2v) is 10.0. The summed E-state index contributed by atoms with van der Waals surface area (Å²) in [5.41, 5.74) is 2.46. The van der Waals surface area contributed by atoms with Crippen LogP contribution in [0.3, 0.4) is 0 Å². The van der Waals surface area contributed by atoms with Crippen molar-refractivity contribution in [3.8, 4) is 5.75 Å². The fourth-order valence-corrected chi connectivity index (χ4v) is 6.72. The molecule has 1 aromatic carbocycles. The number of hydrogen-bond donors (Lipinski definition) is 0. The van der Waals surface area contributed by atoms with E-state index in [1.54, 1.807) is 0 Å². The molecule has 0 radical (unpaired) electrons. The first-order valence-corrected chi connectivity index (χ1v) is 12.4. The van der Waals surface area contributed by atoms with Crippen LogP contribution in [0.15, 0.2) is 18.2 Å². The minimum absolute atomic E-state index is 0.355. The van der Waals surface area contributed by atoms with E-state index in [-0.39, 0.29) is 5.79 Å². The van der Waals surface area contributed by atoms with Crippen molar-refractivity contribution in [2.45, 2.75) is 77.7 Å². The van der Waals surface area contributed by atoms with Crippen molar-refractivity contribution in [1.82, 2.24) is 0 Å². The van der Waals surface area contributed by atoms with Gasteiger partial charge in [0.25, 0.3) is 0 Å². The van der Waals surface area contributed by atoms with E-state index in [1.165, 1.54) is 18.4 Å². The Morgan fingerprint density at radius 1 is 1.00 bits per heavy atom. The Balaban J connectivity index is 1.58.